The average Bonchev–Trinajstić information content (AvgIpc) is 3.03. The van der Waals surface area contributed by atoms with Gasteiger partial charge in [-0.2, -0.15) is 4.98 Å². The molecule has 0 fully saturated rings. The van der Waals surface area contributed by atoms with Crippen LogP contribution in [0.4, 0.5) is 5.69 Å². The van der Waals surface area contributed by atoms with Crippen molar-refractivity contribution in [3.8, 4) is 0 Å². The van der Waals surface area contributed by atoms with Gasteiger partial charge in [-0.3, -0.25) is 4.79 Å². The standard InChI is InChI=1S/C17H24N4O3/c1-17(2,3)16-20-14(21-24-16)11-19-13-7-5-12(6-8-13)15(23)18-9-4-10-22/h5-8,19,22H,4,9-11H2,1-3H3,(H,18,23). The van der Waals surface area contributed by atoms with E-state index >= 15 is 0 Å². The number of hydrogen-bond acceptors (Lipinski definition) is 6. The molecule has 2 aromatic rings. The number of anilines is 1. The van der Waals surface area contributed by atoms with Crippen LogP contribution in [0.15, 0.2) is 28.8 Å². The van der Waals surface area contributed by atoms with Crippen molar-refractivity contribution in [3.63, 3.8) is 0 Å². The second-order valence-corrected chi connectivity index (χ2v) is 6.53. The van der Waals surface area contributed by atoms with Crippen molar-refractivity contribution in [2.75, 3.05) is 18.5 Å². The Morgan fingerprint density at radius 3 is 2.54 bits per heavy atom. The van der Waals surface area contributed by atoms with Gasteiger partial charge in [0.25, 0.3) is 5.91 Å². The van der Waals surface area contributed by atoms with Gasteiger partial charge in [-0.1, -0.05) is 25.9 Å². The highest BCUT2D eigenvalue weighted by Gasteiger charge is 2.21. The number of benzene rings is 1. The molecule has 0 spiro atoms. The molecule has 7 nitrogen and oxygen atoms in total. The summed E-state index contributed by atoms with van der Waals surface area (Å²) in [5.41, 5.74) is 1.27. The van der Waals surface area contributed by atoms with E-state index in [1.54, 1.807) is 12.1 Å². The van der Waals surface area contributed by atoms with Gasteiger partial charge in [0.15, 0.2) is 5.82 Å². The molecule has 1 aromatic carbocycles. The summed E-state index contributed by atoms with van der Waals surface area (Å²) in [5.74, 6) is 1.04. The quantitative estimate of drug-likeness (QED) is 0.671. The zero-order valence-electron chi connectivity index (χ0n) is 14.3. The van der Waals surface area contributed by atoms with Crippen LogP contribution in [-0.2, 0) is 12.0 Å². The lowest BCUT2D eigenvalue weighted by atomic mass is 9.97. The molecule has 0 saturated carbocycles. The highest BCUT2D eigenvalue weighted by atomic mass is 16.5. The van der Waals surface area contributed by atoms with Crippen molar-refractivity contribution in [2.24, 2.45) is 0 Å². The third-order valence-electron chi connectivity index (χ3n) is 3.33. The zero-order chi connectivity index (χ0) is 17.6. The van der Waals surface area contributed by atoms with Gasteiger partial charge in [-0.05, 0) is 30.7 Å². The molecule has 1 aromatic heterocycles. The van der Waals surface area contributed by atoms with Crippen LogP contribution in [0.3, 0.4) is 0 Å². The molecule has 0 atom stereocenters. The Labute approximate surface area is 141 Å². The molecule has 0 radical (unpaired) electrons. The Kier molecular flexibility index (Phi) is 5.92. The van der Waals surface area contributed by atoms with E-state index in [2.05, 4.69) is 20.8 Å². The van der Waals surface area contributed by atoms with Gasteiger partial charge in [0.2, 0.25) is 5.89 Å². The molecule has 2 rings (SSSR count). The fourth-order valence-electron chi connectivity index (χ4n) is 1.93. The van der Waals surface area contributed by atoms with Crippen LogP contribution in [0.5, 0.6) is 0 Å². The lowest BCUT2D eigenvalue weighted by Crippen LogP contribution is -2.24. The van der Waals surface area contributed by atoms with Crippen molar-refractivity contribution < 1.29 is 14.4 Å². The minimum atomic E-state index is -0.170. The maximum Gasteiger partial charge on any atom is 0.251 e. The maximum absolute atomic E-state index is 11.9. The molecule has 1 heterocycles. The smallest absolute Gasteiger partial charge is 0.251 e. The monoisotopic (exact) mass is 332 g/mol. The fraction of sp³-hybridized carbons (Fsp3) is 0.471. The second kappa shape index (κ2) is 7.92. The molecule has 1 amide bonds. The maximum atomic E-state index is 11.9. The number of rotatable bonds is 7. The summed E-state index contributed by atoms with van der Waals surface area (Å²) in [5, 5.41) is 18.6. The first-order valence-electron chi connectivity index (χ1n) is 7.96. The molecule has 0 bridgehead atoms. The molecular weight excluding hydrogens is 308 g/mol. The van der Waals surface area contributed by atoms with Gasteiger partial charge in [-0.25, -0.2) is 0 Å². The summed E-state index contributed by atoms with van der Waals surface area (Å²) in [6, 6.07) is 7.14. The van der Waals surface area contributed by atoms with E-state index in [9.17, 15) is 4.79 Å². The predicted octanol–water partition coefficient (Wildman–Crippen LogP) is 2.09. The zero-order valence-corrected chi connectivity index (χ0v) is 14.3. The third-order valence-corrected chi connectivity index (χ3v) is 3.33. The van der Waals surface area contributed by atoms with E-state index < -0.39 is 0 Å². The first kappa shape index (κ1) is 17.9. The molecular formula is C17H24N4O3. The molecule has 130 valence electrons. The summed E-state index contributed by atoms with van der Waals surface area (Å²) in [6.07, 6.45) is 0.548. The number of carbonyl (C=O) groups excluding carboxylic acids is 1. The number of carbonyl (C=O) groups is 1. The summed E-state index contributed by atoms with van der Waals surface area (Å²) < 4.78 is 5.24. The fourth-order valence-corrected chi connectivity index (χ4v) is 1.93. The van der Waals surface area contributed by atoms with Crippen LogP contribution in [0.25, 0.3) is 0 Å². The largest absolute Gasteiger partial charge is 0.396 e. The number of hydrogen-bond donors (Lipinski definition) is 3. The Bertz CT molecular complexity index is 659. The molecule has 0 aliphatic rings. The number of aliphatic hydroxyl groups excluding tert-OH is 1. The van der Waals surface area contributed by atoms with E-state index in [4.69, 9.17) is 9.63 Å². The molecule has 24 heavy (non-hydrogen) atoms. The van der Waals surface area contributed by atoms with Crippen LogP contribution in [0, 0.1) is 0 Å². The number of aliphatic hydroxyl groups is 1. The second-order valence-electron chi connectivity index (χ2n) is 6.53. The Morgan fingerprint density at radius 1 is 1.25 bits per heavy atom. The van der Waals surface area contributed by atoms with Crippen molar-refractivity contribution in [1.29, 1.82) is 0 Å². The van der Waals surface area contributed by atoms with Gasteiger partial charge < -0.3 is 20.3 Å². The number of aromatic nitrogens is 2. The number of nitrogens with one attached hydrogen (secondary N) is 2. The SMILES string of the molecule is CC(C)(C)c1nc(CNc2ccc(C(=O)NCCCO)cc2)no1. The highest BCUT2D eigenvalue weighted by molar-refractivity contribution is 5.94. The molecule has 3 N–H and O–H groups in total. The lowest BCUT2D eigenvalue weighted by Gasteiger charge is -2.10. The van der Waals surface area contributed by atoms with E-state index in [1.165, 1.54) is 0 Å². The van der Waals surface area contributed by atoms with Crippen molar-refractivity contribution in [2.45, 2.75) is 39.2 Å². The van der Waals surface area contributed by atoms with E-state index in [1.807, 2.05) is 32.9 Å². The normalized spacial score (nSPS) is 11.3. The Balaban J connectivity index is 1.87. The molecule has 0 aliphatic carbocycles. The lowest BCUT2D eigenvalue weighted by molar-refractivity contribution is 0.0951. The van der Waals surface area contributed by atoms with Gasteiger partial charge in [-0.15, -0.1) is 0 Å². The van der Waals surface area contributed by atoms with E-state index in [0.717, 1.165) is 5.69 Å². The van der Waals surface area contributed by atoms with Gasteiger partial charge in [0.1, 0.15) is 0 Å². The molecule has 7 heteroatoms. The first-order valence-corrected chi connectivity index (χ1v) is 7.96. The van der Waals surface area contributed by atoms with Crippen LogP contribution < -0.4 is 10.6 Å². The first-order chi connectivity index (χ1) is 11.4. The van der Waals surface area contributed by atoms with Crippen molar-refractivity contribution >= 4 is 11.6 Å². The van der Waals surface area contributed by atoms with E-state index in [0.29, 0.717) is 36.8 Å². The van der Waals surface area contributed by atoms with Crippen LogP contribution >= 0.6 is 0 Å². The third kappa shape index (κ3) is 5.06. The van der Waals surface area contributed by atoms with Gasteiger partial charge in [0.05, 0.1) is 6.54 Å². The van der Waals surface area contributed by atoms with Crippen LogP contribution in [-0.4, -0.2) is 34.3 Å². The van der Waals surface area contributed by atoms with Crippen molar-refractivity contribution in [1.82, 2.24) is 15.5 Å². The summed E-state index contributed by atoms with van der Waals surface area (Å²) in [6.45, 7) is 7.02. The number of amides is 1. The van der Waals surface area contributed by atoms with Crippen LogP contribution in [0.1, 0.15) is 49.3 Å². The van der Waals surface area contributed by atoms with Gasteiger partial charge in [0, 0.05) is 29.8 Å². The Morgan fingerprint density at radius 2 is 1.96 bits per heavy atom. The summed E-state index contributed by atoms with van der Waals surface area (Å²) in [4.78, 5) is 16.2. The molecule has 0 saturated heterocycles. The topological polar surface area (TPSA) is 100 Å². The summed E-state index contributed by atoms with van der Waals surface area (Å²) >= 11 is 0. The average molecular weight is 332 g/mol. The number of nitrogens with zero attached hydrogens (tertiary/aromatic N) is 2. The minimum absolute atomic E-state index is 0.0656. The summed E-state index contributed by atoms with van der Waals surface area (Å²) in [7, 11) is 0. The Hall–Kier alpha value is -2.41. The van der Waals surface area contributed by atoms with Crippen LogP contribution in [0.2, 0.25) is 0 Å². The van der Waals surface area contributed by atoms with Gasteiger partial charge >= 0.3 is 0 Å². The molecule has 0 unspecified atom stereocenters. The predicted molar refractivity (Wildman–Crippen MR) is 90.8 cm³/mol. The highest BCUT2D eigenvalue weighted by Crippen LogP contribution is 2.20. The molecule has 0 aliphatic heterocycles. The van der Waals surface area contributed by atoms with Crippen molar-refractivity contribution in [3.05, 3.63) is 41.5 Å². The van der Waals surface area contributed by atoms with E-state index in [-0.39, 0.29) is 17.9 Å². The minimum Gasteiger partial charge on any atom is -0.396 e.